The lowest BCUT2D eigenvalue weighted by atomic mass is 9.84. The van der Waals surface area contributed by atoms with Gasteiger partial charge < -0.3 is 0 Å². The lowest BCUT2D eigenvalue weighted by molar-refractivity contribution is 1.51. The minimum absolute atomic E-state index is 1.07. The van der Waals surface area contributed by atoms with E-state index in [1.54, 1.807) is 0 Å². The van der Waals surface area contributed by atoms with Gasteiger partial charge >= 0.3 is 10.2 Å². The van der Waals surface area contributed by atoms with Crippen molar-refractivity contribution in [1.29, 1.82) is 0 Å². The molecule has 0 aliphatic rings. The first-order chi connectivity index (χ1) is 23.6. The van der Waals surface area contributed by atoms with E-state index in [2.05, 4.69) is 187 Å². The van der Waals surface area contributed by atoms with Crippen LogP contribution in [0.4, 0.5) is 0 Å². The second-order valence-electron chi connectivity index (χ2n) is 12.8. The molecule has 48 heavy (non-hydrogen) atoms. The highest BCUT2D eigenvalue weighted by Gasteiger charge is 2.20. The molecule has 0 aliphatic heterocycles. The molecular formula is C47H31Si+. The summed E-state index contributed by atoms with van der Waals surface area (Å²) in [7, 11) is 3.90. The van der Waals surface area contributed by atoms with Gasteiger partial charge in [-0.1, -0.05) is 151 Å². The van der Waals surface area contributed by atoms with Crippen LogP contribution in [0.5, 0.6) is 0 Å². The molecule has 9 rings (SSSR count). The Hall–Kier alpha value is -5.76. The van der Waals surface area contributed by atoms with Crippen molar-refractivity contribution in [1.82, 2.24) is 0 Å². The Labute approximate surface area is 284 Å². The molecule has 2 radical (unpaired) electrons. The van der Waals surface area contributed by atoms with Gasteiger partial charge in [-0.25, -0.2) is 0 Å². The largest absolute Gasteiger partial charge is 0.754 e. The number of benzene rings is 9. The maximum Gasteiger partial charge on any atom is 0.754 e. The maximum atomic E-state index is 3.90. The van der Waals surface area contributed by atoms with Crippen molar-refractivity contribution in [2.75, 3.05) is 0 Å². The molecule has 0 amide bonds. The molecule has 0 bridgehead atoms. The van der Waals surface area contributed by atoms with E-state index in [1.165, 1.54) is 93.2 Å². The fourth-order valence-corrected chi connectivity index (χ4v) is 7.83. The quantitative estimate of drug-likeness (QED) is 0.135. The Morgan fingerprint density at radius 1 is 0.333 bits per heavy atom. The highest BCUT2D eigenvalue weighted by Crippen LogP contribution is 2.45. The first-order valence-corrected chi connectivity index (χ1v) is 17.0. The molecule has 0 spiro atoms. The maximum absolute atomic E-state index is 3.90. The second-order valence-corrected chi connectivity index (χ2v) is 13.4. The average molecular weight is 624 g/mol. The van der Waals surface area contributed by atoms with E-state index in [4.69, 9.17) is 0 Å². The number of aryl methyl sites for hydroxylation is 1. The van der Waals surface area contributed by atoms with E-state index in [9.17, 15) is 0 Å². The zero-order valence-electron chi connectivity index (χ0n) is 26.7. The third kappa shape index (κ3) is 4.75. The molecule has 0 fully saturated rings. The van der Waals surface area contributed by atoms with Gasteiger partial charge in [0, 0.05) is 0 Å². The van der Waals surface area contributed by atoms with Crippen LogP contribution in [0.2, 0.25) is 0 Å². The van der Waals surface area contributed by atoms with Crippen molar-refractivity contribution in [3.8, 4) is 44.5 Å². The smallest absolute Gasteiger partial charge is 0.0616 e. The lowest BCUT2D eigenvalue weighted by Gasteiger charge is -2.19. The number of hydrogen-bond donors (Lipinski definition) is 0. The van der Waals surface area contributed by atoms with E-state index in [1.807, 2.05) is 0 Å². The predicted octanol–water partition coefficient (Wildman–Crippen LogP) is 12.1. The molecule has 0 saturated carbocycles. The zero-order valence-corrected chi connectivity index (χ0v) is 27.7. The van der Waals surface area contributed by atoms with E-state index >= 15 is 0 Å². The third-order valence-corrected chi connectivity index (χ3v) is 10.1. The van der Waals surface area contributed by atoms with Crippen LogP contribution in [0.25, 0.3) is 87.6 Å². The summed E-state index contributed by atoms with van der Waals surface area (Å²) in [5.74, 6) is 0. The summed E-state index contributed by atoms with van der Waals surface area (Å²) >= 11 is 0. The lowest BCUT2D eigenvalue weighted by Crippen LogP contribution is -2.02. The minimum Gasteiger partial charge on any atom is -0.0616 e. The Bertz CT molecular complexity index is 2500. The molecule has 0 saturated heterocycles. The van der Waals surface area contributed by atoms with Gasteiger partial charge in [-0.15, -0.1) is 0 Å². The fourth-order valence-electron chi connectivity index (χ4n) is 7.60. The van der Waals surface area contributed by atoms with Crippen molar-refractivity contribution in [2.24, 2.45) is 0 Å². The van der Waals surface area contributed by atoms with Gasteiger partial charge in [0.15, 0.2) is 5.19 Å². The van der Waals surface area contributed by atoms with Gasteiger partial charge in [-0.05, 0) is 119 Å². The molecule has 0 atom stereocenters. The van der Waals surface area contributed by atoms with Gasteiger partial charge in [0.1, 0.15) is 0 Å². The molecule has 0 aliphatic carbocycles. The summed E-state index contributed by atoms with van der Waals surface area (Å²) in [6.07, 6.45) is 0. The van der Waals surface area contributed by atoms with E-state index in [0.717, 1.165) is 5.19 Å². The third-order valence-electron chi connectivity index (χ3n) is 9.78. The van der Waals surface area contributed by atoms with E-state index in [-0.39, 0.29) is 0 Å². The molecule has 0 unspecified atom stereocenters. The van der Waals surface area contributed by atoms with Crippen LogP contribution < -0.4 is 5.19 Å². The monoisotopic (exact) mass is 623 g/mol. The SMILES string of the molecule is Cc1ccc2c(-c3cccc(-c4cccc5ccccc45)c3)c3cc([Si+])ccc3c(-c3cccc(-c4cccc5ccccc45)c3)c2c1. The fraction of sp³-hybridized carbons (Fsp3) is 0.0213. The summed E-state index contributed by atoms with van der Waals surface area (Å²) in [6, 6.07) is 62.4. The molecule has 9 aromatic rings. The van der Waals surface area contributed by atoms with Crippen LogP contribution in [-0.2, 0) is 0 Å². The Morgan fingerprint density at radius 2 is 0.792 bits per heavy atom. The molecule has 0 aromatic heterocycles. The van der Waals surface area contributed by atoms with Crippen LogP contribution in [0.1, 0.15) is 5.56 Å². The second kappa shape index (κ2) is 11.5. The van der Waals surface area contributed by atoms with Crippen LogP contribution in [-0.4, -0.2) is 10.2 Å². The van der Waals surface area contributed by atoms with Crippen molar-refractivity contribution in [2.45, 2.75) is 6.92 Å². The van der Waals surface area contributed by atoms with Gasteiger partial charge in [0.25, 0.3) is 0 Å². The van der Waals surface area contributed by atoms with Gasteiger partial charge in [0.2, 0.25) is 0 Å². The van der Waals surface area contributed by atoms with Crippen molar-refractivity contribution in [3.63, 3.8) is 0 Å². The Kier molecular flexibility index (Phi) is 6.81. The number of hydrogen-bond acceptors (Lipinski definition) is 0. The highest BCUT2D eigenvalue weighted by molar-refractivity contribution is 6.34. The predicted molar refractivity (Wildman–Crippen MR) is 208 cm³/mol. The standard InChI is InChI=1S/C47H31Si/c1-30-22-24-42-44(26-30)46(35-16-6-14-33(27-35)40-20-8-12-31-10-2-4-18-38(31)40)43-25-23-37(48)29-45(43)47(42)36-17-7-15-34(28-36)41-21-9-13-32-11-3-5-19-39(32)41/h2-29H,1H3/q+1. The van der Waals surface area contributed by atoms with Crippen molar-refractivity contribution in [3.05, 3.63) is 175 Å². The summed E-state index contributed by atoms with van der Waals surface area (Å²) in [4.78, 5) is 0. The van der Waals surface area contributed by atoms with Crippen molar-refractivity contribution < 1.29 is 0 Å². The Balaban J connectivity index is 1.31. The molecule has 0 N–H and O–H groups in total. The van der Waals surface area contributed by atoms with Gasteiger partial charge in [0.05, 0.1) is 0 Å². The Morgan fingerprint density at radius 3 is 1.38 bits per heavy atom. The molecule has 0 nitrogen and oxygen atoms in total. The first-order valence-electron chi connectivity index (χ1n) is 16.5. The summed E-state index contributed by atoms with van der Waals surface area (Å²) in [6.45, 7) is 2.20. The number of rotatable bonds is 4. The minimum atomic E-state index is 1.07. The molecule has 0 heterocycles. The first kappa shape index (κ1) is 28.5. The summed E-state index contributed by atoms with van der Waals surface area (Å²) in [5.41, 5.74) is 11.2. The molecule has 222 valence electrons. The van der Waals surface area contributed by atoms with Crippen LogP contribution >= 0.6 is 0 Å². The summed E-state index contributed by atoms with van der Waals surface area (Å²) in [5, 5.41) is 11.1. The number of fused-ring (bicyclic) bond motifs is 4. The van der Waals surface area contributed by atoms with E-state index in [0.29, 0.717) is 0 Å². The van der Waals surface area contributed by atoms with Crippen molar-refractivity contribution >= 4 is 58.5 Å². The summed E-state index contributed by atoms with van der Waals surface area (Å²) < 4.78 is 0. The molecular weight excluding hydrogens is 593 g/mol. The molecule has 1 heteroatoms. The average Bonchev–Trinajstić information content (AvgIpc) is 3.13. The topological polar surface area (TPSA) is 0 Å². The van der Waals surface area contributed by atoms with Gasteiger partial charge in [-0.2, -0.15) is 0 Å². The zero-order chi connectivity index (χ0) is 32.2. The van der Waals surface area contributed by atoms with E-state index < -0.39 is 0 Å². The van der Waals surface area contributed by atoms with Crippen LogP contribution in [0, 0.1) is 6.92 Å². The molecule has 9 aromatic carbocycles. The van der Waals surface area contributed by atoms with Crippen LogP contribution in [0.15, 0.2) is 170 Å². The highest BCUT2D eigenvalue weighted by atomic mass is 28.1. The van der Waals surface area contributed by atoms with Crippen LogP contribution in [0.3, 0.4) is 0 Å². The normalized spacial score (nSPS) is 11.5. The van der Waals surface area contributed by atoms with Gasteiger partial charge in [-0.3, -0.25) is 0 Å².